The number of ether oxygens (including phenoxy) is 1. The van der Waals surface area contributed by atoms with E-state index in [2.05, 4.69) is 31.2 Å². The molecule has 1 aromatic heterocycles. The summed E-state index contributed by atoms with van der Waals surface area (Å²) < 4.78 is 6.61. The summed E-state index contributed by atoms with van der Waals surface area (Å²) in [5, 5.41) is 3.02. The predicted octanol–water partition coefficient (Wildman–Crippen LogP) is 2.54. The molecule has 0 unspecified atom stereocenters. The average Bonchev–Trinajstić information content (AvgIpc) is 2.40. The summed E-state index contributed by atoms with van der Waals surface area (Å²) in [5.74, 6) is 0.540. The first-order valence-electron chi connectivity index (χ1n) is 5.60. The lowest BCUT2D eigenvalue weighted by Crippen LogP contribution is -2.07. The van der Waals surface area contributed by atoms with Crippen molar-refractivity contribution >= 4 is 15.9 Å². The minimum absolute atomic E-state index is 0.493. The largest absolute Gasteiger partial charge is 0.472 e. The van der Waals surface area contributed by atoms with Crippen molar-refractivity contribution in [2.45, 2.75) is 13.2 Å². The third-order valence-corrected chi connectivity index (χ3v) is 2.87. The van der Waals surface area contributed by atoms with Crippen LogP contribution in [0.25, 0.3) is 0 Å². The number of hydrogen-bond acceptors (Lipinski definition) is 4. The quantitative estimate of drug-likeness (QED) is 0.922. The van der Waals surface area contributed by atoms with E-state index in [0.29, 0.717) is 19.0 Å². The van der Waals surface area contributed by atoms with E-state index in [1.165, 1.54) is 0 Å². The van der Waals surface area contributed by atoms with Crippen LogP contribution in [0.3, 0.4) is 0 Å². The molecule has 0 aliphatic heterocycles. The van der Waals surface area contributed by atoms with Gasteiger partial charge in [0.1, 0.15) is 6.61 Å². The third kappa shape index (κ3) is 3.78. The second-order valence-electron chi connectivity index (χ2n) is 3.79. The van der Waals surface area contributed by atoms with E-state index in [0.717, 1.165) is 15.7 Å². The normalized spacial score (nSPS) is 10.3. The van der Waals surface area contributed by atoms with E-state index >= 15 is 0 Å². The molecule has 94 valence electrons. The molecule has 5 heteroatoms. The molecule has 0 aliphatic rings. The number of halogens is 1. The lowest BCUT2D eigenvalue weighted by Gasteiger charge is -2.05. The van der Waals surface area contributed by atoms with Crippen LogP contribution in [0.1, 0.15) is 11.3 Å². The summed E-state index contributed by atoms with van der Waals surface area (Å²) in [4.78, 5) is 8.43. The van der Waals surface area contributed by atoms with Crippen LogP contribution in [0.2, 0.25) is 0 Å². The van der Waals surface area contributed by atoms with E-state index in [1.807, 2.05) is 31.3 Å². The van der Waals surface area contributed by atoms with Gasteiger partial charge in [0, 0.05) is 11.0 Å². The zero-order valence-electron chi connectivity index (χ0n) is 10.1. The summed E-state index contributed by atoms with van der Waals surface area (Å²) in [6, 6.07) is 7.99. The van der Waals surface area contributed by atoms with Crippen LogP contribution in [0.5, 0.6) is 5.88 Å². The zero-order chi connectivity index (χ0) is 12.8. The number of nitrogens with one attached hydrogen (secondary N) is 1. The Hall–Kier alpha value is -1.46. The molecule has 2 aromatic rings. The highest BCUT2D eigenvalue weighted by atomic mass is 79.9. The standard InChI is InChI=1S/C13H14BrN3O/c1-15-6-12-7-17-13(8-16-12)18-9-10-2-4-11(14)5-3-10/h2-5,7-8,15H,6,9H2,1H3. The minimum atomic E-state index is 0.493. The van der Waals surface area contributed by atoms with Crippen LogP contribution in [0.4, 0.5) is 0 Å². The Labute approximate surface area is 115 Å². The fourth-order valence-corrected chi connectivity index (χ4v) is 1.69. The number of benzene rings is 1. The van der Waals surface area contributed by atoms with Crippen molar-refractivity contribution in [2.24, 2.45) is 0 Å². The Morgan fingerprint density at radius 1 is 1.17 bits per heavy atom. The second kappa shape index (κ2) is 6.47. The van der Waals surface area contributed by atoms with E-state index in [9.17, 15) is 0 Å². The van der Waals surface area contributed by atoms with Crippen LogP contribution in [0.15, 0.2) is 41.1 Å². The zero-order valence-corrected chi connectivity index (χ0v) is 11.6. The molecule has 1 aromatic carbocycles. The summed E-state index contributed by atoms with van der Waals surface area (Å²) in [6.45, 7) is 1.20. The van der Waals surface area contributed by atoms with Crippen molar-refractivity contribution in [1.82, 2.24) is 15.3 Å². The van der Waals surface area contributed by atoms with E-state index in [4.69, 9.17) is 4.74 Å². The first kappa shape index (κ1) is 13.0. The van der Waals surface area contributed by atoms with Gasteiger partial charge in [-0.05, 0) is 24.7 Å². The fraction of sp³-hybridized carbons (Fsp3) is 0.231. The lowest BCUT2D eigenvalue weighted by molar-refractivity contribution is 0.292. The average molecular weight is 308 g/mol. The monoisotopic (exact) mass is 307 g/mol. The summed E-state index contributed by atoms with van der Waals surface area (Å²) in [7, 11) is 1.87. The number of nitrogens with zero attached hydrogens (tertiary/aromatic N) is 2. The third-order valence-electron chi connectivity index (χ3n) is 2.34. The van der Waals surface area contributed by atoms with Gasteiger partial charge in [-0.15, -0.1) is 0 Å². The van der Waals surface area contributed by atoms with Crippen molar-refractivity contribution in [3.8, 4) is 5.88 Å². The smallest absolute Gasteiger partial charge is 0.232 e. The van der Waals surface area contributed by atoms with E-state index < -0.39 is 0 Å². The molecule has 18 heavy (non-hydrogen) atoms. The Balaban J connectivity index is 1.91. The highest BCUT2D eigenvalue weighted by Crippen LogP contribution is 2.12. The Morgan fingerprint density at radius 2 is 1.94 bits per heavy atom. The van der Waals surface area contributed by atoms with Crippen molar-refractivity contribution in [3.63, 3.8) is 0 Å². The van der Waals surface area contributed by atoms with Crippen LogP contribution < -0.4 is 10.1 Å². The van der Waals surface area contributed by atoms with E-state index in [-0.39, 0.29) is 0 Å². The van der Waals surface area contributed by atoms with Gasteiger partial charge in [-0.1, -0.05) is 28.1 Å². The minimum Gasteiger partial charge on any atom is -0.472 e. The van der Waals surface area contributed by atoms with Crippen molar-refractivity contribution in [1.29, 1.82) is 0 Å². The molecule has 0 saturated carbocycles. The van der Waals surface area contributed by atoms with Gasteiger partial charge in [0.2, 0.25) is 5.88 Å². The second-order valence-corrected chi connectivity index (χ2v) is 4.71. The topological polar surface area (TPSA) is 47.0 Å². The van der Waals surface area contributed by atoms with Crippen LogP contribution in [0, 0.1) is 0 Å². The van der Waals surface area contributed by atoms with Gasteiger partial charge in [-0.2, -0.15) is 0 Å². The molecular formula is C13H14BrN3O. The maximum absolute atomic E-state index is 5.56. The first-order chi connectivity index (χ1) is 8.78. The van der Waals surface area contributed by atoms with Crippen LogP contribution in [-0.2, 0) is 13.2 Å². The molecule has 0 radical (unpaired) electrons. The maximum atomic E-state index is 5.56. The summed E-state index contributed by atoms with van der Waals surface area (Å²) >= 11 is 3.40. The predicted molar refractivity (Wildman–Crippen MR) is 73.3 cm³/mol. The van der Waals surface area contributed by atoms with Crippen molar-refractivity contribution in [3.05, 3.63) is 52.4 Å². The Bertz CT molecular complexity index is 485. The van der Waals surface area contributed by atoms with Crippen LogP contribution >= 0.6 is 15.9 Å². The number of hydrogen-bond donors (Lipinski definition) is 1. The molecule has 2 rings (SSSR count). The van der Waals surface area contributed by atoms with Crippen molar-refractivity contribution in [2.75, 3.05) is 7.05 Å². The first-order valence-corrected chi connectivity index (χ1v) is 6.40. The molecule has 0 aliphatic carbocycles. The summed E-state index contributed by atoms with van der Waals surface area (Å²) in [6.07, 6.45) is 3.36. The van der Waals surface area contributed by atoms with Gasteiger partial charge in [0.15, 0.2) is 0 Å². The number of rotatable bonds is 5. The summed E-state index contributed by atoms with van der Waals surface area (Å²) in [5.41, 5.74) is 1.99. The Morgan fingerprint density at radius 3 is 2.56 bits per heavy atom. The molecule has 4 nitrogen and oxygen atoms in total. The molecule has 1 N–H and O–H groups in total. The van der Waals surface area contributed by atoms with Gasteiger partial charge in [-0.25, -0.2) is 4.98 Å². The molecule has 0 fully saturated rings. The molecule has 0 amide bonds. The highest BCUT2D eigenvalue weighted by molar-refractivity contribution is 9.10. The molecule has 0 atom stereocenters. The maximum Gasteiger partial charge on any atom is 0.232 e. The van der Waals surface area contributed by atoms with Gasteiger partial charge in [-0.3, -0.25) is 4.98 Å². The SMILES string of the molecule is CNCc1cnc(OCc2ccc(Br)cc2)cn1. The van der Waals surface area contributed by atoms with Crippen molar-refractivity contribution < 1.29 is 4.74 Å². The van der Waals surface area contributed by atoms with Gasteiger partial charge < -0.3 is 10.1 Å². The number of aromatic nitrogens is 2. The molecule has 0 saturated heterocycles. The van der Waals surface area contributed by atoms with Gasteiger partial charge >= 0.3 is 0 Å². The molecule has 1 heterocycles. The molecule has 0 bridgehead atoms. The fourth-order valence-electron chi connectivity index (χ4n) is 1.43. The van der Waals surface area contributed by atoms with E-state index in [1.54, 1.807) is 12.4 Å². The van der Waals surface area contributed by atoms with Gasteiger partial charge in [0.25, 0.3) is 0 Å². The molecule has 0 spiro atoms. The Kier molecular flexibility index (Phi) is 4.66. The van der Waals surface area contributed by atoms with Gasteiger partial charge in [0.05, 0.1) is 18.1 Å². The molecular weight excluding hydrogens is 294 g/mol. The lowest BCUT2D eigenvalue weighted by atomic mass is 10.2. The highest BCUT2D eigenvalue weighted by Gasteiger charge is 1.99. The van der Waals surface area contributed by atoms with Crippen LogP contribution in [-0.4, -0.2) is 17.0 Å².